The Morgan fingerprint density at radius 2 is 1.83 bits per heavy atom. The number of rotatable bonds is 3. The van der Waals surface area contributed by atoms with Gasteiger partial charge in [0.25, 0.3) is 5.91 Å². The number of nitrogens with zero attached hydrogens (tertiary/aromatic N) is 1. The minimum Gasteiger partial charge on any atom is -0.478 e. The predicted molar refractivity (Wildman–Crippen MR) is 92.2 cm³/mol. The number of carbonyl (C=O) groups is 2. The number of nitrogens with two attached hydrogens (primary N) is 1. The van der Waals surface area contributed by atoms with Crippen molar-refractivity contribution in [1.82, 2.24) is 4.98 Å². The van der Waals surface area contributed by atoms with E-state index < -0.39 is 11.9 Å². The molecule has 4 N–H and O–H groups in total. The average molecular weight is 321 g/mol. The van der Waals surface area contributed by atoms with Gasteiger partial charge in [0.1, 0.15) is 5.69 Å². The van der Waals surface area contributed by atoms with E-state index in [1.165, 1.54) is 12.1 Å². The van der Waals surface area contributed by atoms with Crippen molar-refractivity contribution in [2.24, 2.45) is 0 Å². The fraction of sp³-hybridized carbons (Fsp3) is 0.0556. The second kappa shape index (κ2) is 6.00. The number of anilines is 2. The molecule has 0 bridgehead atoms. The molecule has 0 fully saturated rings. The zero-order valence-corrected chi connectivity index (χ0v) is 12.9. The van der Waals surface area contributed by atoms with Gasteiger partial charge in [0.15, 0.2) is 0 Å². The lowest BCUT2D eigenvalue weighted by molar-refractivity contribution is 0.0698. The highest BCUT2D eigenvalue weighted by atomic mass is 16.4. The third kappa shape index (κ3) is 2.77. The largest absolute Gasteiger partial charge is 0.478 e. The van der Waals surface area contributed by atoms with Gasteiger partial charge in [-0.25, -0.2) is 9.78 Å². The van der Waals surface area contributed by atoms with Gasteiger partial charge in [0.2, 0.25) is 0 Å². The van der Waals surface area contributed by atoms with E-state index in [1.807, 2.05) is 6.07 Å². The Bertz CT molecular complexity index is 967. The molecular formula is C18H15N3O3. The lowest BCUT2D eigenvalue weighted by atomic mass is 10.1. The van der Waals surface area contributed by atoms with E-state index in [0.29, 0.717) is 16.8 Å². The summed E-state index contributed by atoms with van der Waals surface area (Å²) in [6, 6.07) is 13.3. The van der Waals surface area contributed by atoms with E-state index in [0.717, 1.165) is 5.39 Å². The standard InChI is InChI=1S/C18H15N3O3/c1-10-9-13-11(6-4-7-14(13)19)16(20-10)17(22)21-15-8-3-2-5-12(15)18(23)24/h2-9H,19H2,1H3,(H,21,22)(H,23,24). The Balaban J connectivity index is 2.07. The molecule has 0 aliphatic rings. The molecule has 0 unspecified atom stereocenters. The van der Waals surface area contributed by atoms with Gasteiger partial charge in [-0.3, -0.25) is 4.79 Å². The molecule has 0 radical (unpaired) electrons. The third-order valence-corrected chi connectivity index (χ3v) is 3.66. The number of amides is 1. The molecule has 0 spiro atoms. The topological polar surface area (TPSA) is 105 Å². The van der Waals surface area contributed by atoms with Crippen LogP contribution in [0.25, 0.3) is 10.8 Å². The summed E-state index contributed by atoms with van der Waals surface area (Å²) in [5.41, 5.74) is 7.62. The maximum atomic E-state index is 12.7. The SMILES string of the molecule is Cc1cc2c(N)cccc2c(C(=O)Nc2ccccc2C(=O)O)n1. The summed E-state index contributed by atoms with van der Waals surface area (Å²) in [6.07, 6.45) is 0. The number of pyridine rings is 1. The van der Waals surface area contributed by atoms with Gasteiger partial charge in [-0.15, -0.1) is 0 Å². The van der Waals surface area contributed by atoms with Crippen LogP contribution in [0.5, 0.6) is 0 Å². The second-order valence-electron chi connectivity index (χ2n) is 5.36. The highest BCUT2D eigenvalue weighted by Crippen LogP contribution is 2.25. The molecular weight excluding hydrogens is 306 g/mol. The minimum absolute atomic E-state index is 0.0160. The van der Waals surface area contributed by atoms with Gasteiger partial charge in [-0.05, 0) is 31.2 Å². The number of fused-ring (bicyclic) bond motifs is 1. The van der Waals surface area contributed by atoms with E-state index in [-0.39, 0.29) is 16.9 Å². The van der Waals surface area contributed by atoms with Crippen LogP contribution in [-0.2, 0) is 0 Å². The van der Waals surface area contributed by atoms with E-state index in [9.17, 15) is 14.7 Å². The minimum atomic E-state index is -1.11. The number of carboxylic acid groups (broad SMARTS) is 1. The van der Waals surface area contributed by atoms with Crippen LogP contribution in [0.15, 0.2) is 48.5 Å². The maximum absolute atomic E-state index is 12.7. The molecule has 1 heterocycles. The fourth-order valence-corrected chi connectivity index (χ4v) is 2.56. The maximum Gasteiger partial charge on any atom is 0.337 e. The van der Waals surface area contributed by atoms with Crippen molar-refractivity contribution in [2.75, 3.05) is 11.1 Å². The van der Waals surface area contributed by atoms with Gasteiger partial charge in [-0.2, -0.15) is 0 Å². The number of nitrogen functional groups attached to an aromatic ring is 1. The quantitative estimate of drug-likeness (QED) is 0.643. The van der Waals surface area contributed by atoms with Crippen LogP contribution in [0.3, 0.4) is 0 Å². The number of aryl methyl sites for hydroxylation is 1. The Morgan fingerprint density at radius 3 is 2.58 bits per heavy atom. The number of nitrogens with one attached hydrogen (secondary N) is 1. The lowest BCUT2D eigenvalue weighted by Crippen LogP contribution is -2.17. The summed E-state index contributed by atoms with van der Waals surface area (Å²) in [5, 5.41) is 13.2. The van der Waals surface area contributed by atoms with Crippen molar-refractivity contribution in [3.63, 3.8) is 0 Å². The van der Waals surface area contributed by atoms with E-state index in [1.54, 1.807) is 37.3 Å². The van der Waals surface area contributed by atoms with Crippen LogP contribution in [-0.4, -0.2) is 22.0 Å². The summed E-state index contributed by atoms with van der Waals surface area (Å²) in [4.78, 5) is 28.2. The molecule has 1 amide bonds. The third-order valence-electron chi connectivity index (χ3n) is 3.66. The molecule has 6 heteroatoms. The van der Waals surface area contributed by atoms with Crippen LogP contribution in [0, 0.1) is 6.92 Å². The molecule has 6 nitrogen and oxygen atoms in total. The molecule has 3 aromatic rings. The van der Waals surface area contributed by atoms with Gasteiger partial charge in [0, 0.05) is 22.2 Å². The highest BCUT2D eigenvalue weighted by molar-refractivity contribution is 6.14. The summed E-state index contributed by atoms with van der Waals surface area (Å²) in [7, 11) is 0. The van der Waals surface area contributed by atoms with E-state index >= 15 is 0 Å². The van der Waals surface area contributed by atoms with Gasteiger partial charge >= 0.3 is 5.97 Å². The first-order chi connectivity index (χ1) is 11.5. The first kappa shape index (κ1) is 15.5. The van der Waals surface area contributed by atoms with E-state index in [4.69, 9.17) is 5.73 Å². The molecule has 2 aromatic carbocycles. The molecule has 0 aliphatic heterocycles. The zero-order chi connectivity index (χ0) is 17.3. The van der Waals surface area contributed by atoms with Gasteiger partial charge in [-0.1, -0.05) is 24.3 Å². The zero-order valence-electron chi connectivity index (χ0n) is 12.9. The van der Waals surface area contributed by atoms with Gasteiger partial charge in [0.05, 0.1) is 11.3 Å². The second-order valence-corrected chi connectivity index (χ2v) is 5.36. The Kier molecular flexibility index (Phi) is 3.87. The first-order valence-electron chi connectivity index (χ1n) is 7.27. The Hall–Kier alpha value is -3.41. The molecule has 0 atom stereocenters. The van der Waals surface area contributed by atoms with Crippen molar-refractivity contribution in [3.8, 4) is 0 Å². The first-order valence-corrected chi connectivity index (χ1v) is 7.27. The molecule has 120 valence electrons. The van der Waals surface area contributed by atoms with Crippen molar-refractivity contribution in [3.05, 3.63) is 65.5 Å². The number of carboxylic acids is 1. The van der Waals surface area contributed by atoms with Crippen LogP contribution in [0.4, 0.5) is 11.4 Å². The summed E-state index contributed by atoms with van der Waals surface area (Å²) < 4.78 is 0. The van der Waals surface area contributed by atoms with Crippen molar-refractivity contribution in [1.29, 1.82) is 0 Å². The number of aromatic carboxylic acids is 1. The van der Waals surface area contributed by atoms with Crippen molar-refractivity contribution >= 4 is 34.0 Å². The number of benzene rings is 2. The van der Waals surface area contributed by atoms with Crippen molar-refractivity contribution < 1.29 is 14.7 Å². The smallest absolute Gasteiger partial charge is 0.337 e. The van der Waals surface area contributed by atoms with Crippen molar-refractivity contribution in [2.45, 2.75) is 6.92 Å². The molecule has 0 saturated heterocycles. The fourth-order valence-electron chi connectivity index (χ4n) is 2.56. The molecule has 0 saturated carbocycles. The number of carbonyl (C=O) groups excluding carboxylic acids is 1. The van der Waals surface area contributed by atoms with Crippen LogP contribution in [0.1, 0.15) is 26.5 Å². The van der Waals surface area contributed by atoms with Crippen LogP contribution < -0.4 is 11.1 Å². The summed E-state index contributed by atoms with van der Waals surface area (Å²) in [6.45, 7) is 1.77. The lowest BCUT2D eigenvalue weighted by Gasteiger charge is -2.11. The Morgan fingerprint density at radius 1 is 1.08 bits per heavy atom. The normalized spacial score (nSPS) is 10.5. The van der Waals surface area contributed by atoms with Crippen LogP contribution >= 0.6 is 0 Å². The van der Waals surface area contributed by atoms with Gasteiger partial charge < -0.3 is 16.2 Å². The summed E-state index contributed by atoms with van der Waals surface area (Å²) in [5.74, 6) is -1.60. The Labute approximate surface area is 137 Å². The van der Waals surface area contributed by atoms with Crippen LogP contribution in [0.2, 0.25) is 0 Å². The molecule has 24 heavy (non-hydrogen) atoms. The number of aromatic nitrogens is 1. The number of para-hydroxylation sites is 1. The average Bonchev–Trinajstić information content (AvgIpc) is 2.55. The molecule has 0 aliphatic carbocycles. The summed E-state index contributed by atoms with van der Waals surface area (Å²) >= 11 is 0. The molecule has 1 aromatic heterocycles. The van der Waals surface area contributed by atoms with E-state index in [2.05, 4.69) is 10.3 Å². The number of hydrogen-bond acceptors (Lipinski definition) is 4. The predicted octanol–water partition coefficient (Wildman–Crippen LogP) is 3.08. The number of hydrogen-bond donors (Lipinski definition) is 3. The monoisotopic (exact) mass is 321 g/mol. The molecule has 3 rings (SSSR count). The highest BCUT2D eigenvalue weighted by Gasteiger charge is 2.17.